The molecule has 3 unspecified atom stereocenters. The second-order valence-corrected chi connectivity index (χ2v) is 11.6. The van der Waals surface area contributed by atoms with Crippen LogP contribution in [-0.2, 0) is 19.1 Å². The molecule has 9 nitrogen and oxygen atoms in total. The maximum absolute atomic E-state index is 13.5. The first-order valence-corrected chi connectivity index (χ1v) is 13.8. The van der Waals surface area contributed by atoms with E-state index in [1.807, 2.05) is 42.5 Å². The highest BCUT2D eigenvalue weighted by atomic mass is 16.6. The molecule has 1 saturated carbocycles. The zero-order valence-corrected chi connectivity index (χ0v) is 24.0. The summed E-state index contributed by atoms with van der Waals surface area (Å²) in [6.07, 6.45) is 2.77. The predicted molar refractivity (Wildman–Crippen MR) is 157 cm³/mol. The van der Waals surface area contributed by atoms with Crippen LogP contribution < -0.4 is 14.8 Å². The van der Waals surface area contributed by atoms with Gasteiger partial charge < -0.3 is 24.6 Å². The van der Waals surface area contributed by atoms with Crippen molar-refractivity contribution in [2.75, 3.05) is 7.11 Å². The standard InChI is InChI=1S/C33H34N2O7/c1-6-20-18-33(20,31(39)42-32(2,3)4)35-29(36)24-14-22(15-25(24)30(37)38)41-28-17-26(19-10-8-7-9-11-19)34-27-16-21(40-5)12-13-23(27)28/h6-13,15-17,20,22,24H,1,14,18H2,2-5H3,(H,35,36)(H,37,38)/t20-,22?,24?,33?/m1/s1. The lowest BCUT2D eigenvalue weighted by molar-refractivity contribution is -0.160. The zero-order valence-electron chi connectivity index (χ0n) is 24.0. The lowest BCUT2D eigenvalue weighted by Gasteiger charge is -2.26. The molecule has 2 aromatic carbocycles. The molecule has 0 saturated heterocycles. The smallest absolute Gasteiger partial charge is 0.333 e. The fourth-order valence-corrected chi connectivity index (χ4v) is 5.29. The van der Waals surface area contributed by atoms with Gasteiger partial charge in [0.1, 0.15) is 28.7 Å². The molecule has 3 aromatic rings. The largest absolute Gasteiger partial charge is 0.497 e. The van der Waals surface area contributed by atoms with E-state index in [1.165, 1.54) is 6.08 Å². The summed E-state index contributed by atoms with van der Waals surface area (Å²) in [7, 11) is 1.58. The molecule has 1 fully saturated rings. The Hall–Kier alpha value is -4.66. The van der Waals surface area contributed by atoms with Gasteiger partial charge in [-0.15, -0.1) is 6.58 Å². The first-order chi connectivity index (χ1) is 19.9. The number of hydrogen-bond acceptors (Lipinski definition) is 7. The van der Waals surface area contributed by atoms with Crippen LogP contribution in [0.1, 0.15) is 33.6 Å². The number of carboxylic acids is 1. The Kier molecular flexibility index (Phi) is 7.53. The molecule has 0 spiro atoms. The molecule has 9 heteroatoms. The second-order valence-electron chi connectivity index (χ2n) is 11.6. The third kappa shape index (κ3) is 5.72. The van der Waals surface area contributed by atoms with Crippen molar-refractivity contribution in [2.45, 2.75) is 50.9 Å². The Morgan fingerprint density at radius 2 is 1.86 bits per heavy atom. The van der Waals surface area contributed by atoms with Crippen LogP contribution in [0.25, 0.3) is 22.2 Å². The summed E-state index contributed by atoms with van der Waals surface area (Å²) in [5.74, 6) is -2.57. The number of pyridine rings is 1. The van der Waals surface area contributed by atoms with Gasteiger partial charge in [-0.2, -0.15) is 0 Å². The second kappa shape index (κ2) is 11.0. The van der Waals surface area contributed by atoms with Crippen LogP contribution in [-0.4, -0.2) is 52.3 Å². The molecule has 1 heterocycles. The molecule has 42 heavy (non-hydrogen) atoms. The quantitative estimate of drug-likeness (QED) is 0.269. The molecule has 2 N–H and O–H groups in total. The number of amides is 1. The van der Waals surface area contributed by atoms with Crippen LogP contribution in [0, 0.1) is 11.8 Å². The Labute approximate surface area is 244 Å². The number of methoxy groups -OCH3 is 1. The number of rotatable bonds is 9. The lowest BCUT2D eigenvalue weighted by Crippen LogP contribution is -2.50. The Balaban J connectivity index is 1.42. The number of carbonyl (C=O) groups excluding carboxylic acids is 2. The van der Waals surface area contributed by atoms with Crippen LogP contribution in [0.4, 0.5) is 0 Å². The molecular weight excluding hydrogens is 536 g/mol. The van der Waals surface area contributed by atoms with E-state index in [9.17, 15) is 19.5 Å². The monoisotopic (exact) mass is 570 g/mol. The van der Waals surface area contributed by atoms with Gasteiger partial charge in [-0.1, -0.05) is 36.4 Å². The molecule has 2 aliphatic rings. The summed E-state index contributed by atoms with van der Waals surface area (Å²) >= 11 is 0. The summed E-state index contributed by atoms with van der Waals surface area (Å²) < 4.78 is 17.3. The van der Waals surface area contributed by atoms with Gasteiger partial charge in [-0.05, 0) is 45.4 Å². The molecule has 1 aromatic heterocycles. The number of benzene rings is 2. The zero-order chi connectivity index (χ0) is 30.2. The van der Waals surface area contributed by atoms with Crippen molar-refractivity contribution in [1.82, 2.24) is 10.3 Å². The Bertz CT molecular complexity index is 1590. The number of esters is 1. The number of fused-ring (bicyclic) bond motifs is 1. The summed E-state index contributed by atoms with van der Waals surface area (Å²) in [5, 5.41) is 13.5. The van der Waals surface area contributed by atoms with Gasteiger partial charge in [0.2, 0.25) is 5.91 Å². The normalized spacial score (nSPS) is 23.0. The number of ether oxygens (including phenoxy) is 3. The van der Waals surface area contributed by atoms with E-state index in [1.54, 1.807) is 46.1 Å². The Morgan fingerprint density at radius 1 is 1.12 bits per heavy atom. The number of carboxylic acid groups (broad SMARTS) is 1. The highest BCUT2D eigenvalue weighted by Gasteiger charge is 2.62. The highest BCUT2D eigenvalue weighted by molar-refractivity contribution is 6.00. The van der Waals surface area contributed by atoms with Crippen LogP contribution in [0.2, 0.25) is 0 Å². The van der Waals surface area contributed by atoms with Crippen molar-refractivity contribution < 1.29 is 33.7 Å². The van der Waals surface area contributed by atoms with Gasteiger partial charge in [-0.25, -0.2) is 14.6 Å². The molecule has 218 valence electrons. The summed E-state index contributed by atoms with van der Waals surface area (Å²) in [5.41, 5.74) is 0.0903. The first kappa shape index (κ1) is 28.9. The number of aromatic nitrogens is 1. The van der Waals surface area contributed by atoms with Crippen molar-refractivity contribution in [2.24, 2.45) is 11.8 Å². The first-order valence-electron chi connectivity index (χ1n) is 13.8. The maximum atomic E-state index is 13.5. The molecule has 4 atom stereocenters. The molecular formula is C33H34N2O7. The van der Waals surface area contributed by atoms with Crippen LogP contribution >= 0.6 is 0 Å². The molecule has 0 bridgehead atoms. The van der Waals surface area contributed by atoms with Crippen molar-refractivity contribution >= 4 is 28.7 Å². The molecule has 0 radical (unpaired) electrons. The summed E-state index contributed by atoms with van der Waals surface area (Å²) in [4.78, 5) is 43.6. The predicted octanol–water partition coefficient (Wildman–Crippen LogP) is 5.09. The van der Waals surface area contributed by atoms with Crippen molar-refractivity contribution in [3.63, 3.8) is 0 Å². The third-order valence-electron chi connectivity index (χ3n) is 7.51. The molecule has 1 amide bonds. The van der Waals surface area contributed by atoms with E-state index < -0.39 is 41.0 Å². The minimum Gasteiger partial charge on any atom is -0.497 e. The molecule has 2 aliphatic carbocycles. The summed E-state index contributed by atoms with van der Waals surface area (Å²) in [6, 6.07) is 16.9. The molecule has 0 aliphatic heterocycles. The minimum absolute atomic E-state index is 0.0806. The van der Waals surface area contributed by atoms with Crippen molar-refractivity contribution in [1.29, 1.82) is 0 Å². The van der Waals surface area contributed by atoms with E-state index in [0.29, 0.717) is 34.5 Å². The van der Waals surface area contributed by atoms with E-state index in [2.05, 4.69) is 11.9 Å². The van der Waals surface area contributed by atoms with E-state index in [4.69, 9.17) is 19.2 Å². The van der Waals surface area contributed by atoms with Crippen molar-refractivity contribution in [3.05, 3.63) is 78.9 Å². The summed E-state index contributed by atoms with van der Waals surface area (Å²) in [6.45, 7) is 9.01. The van der Waals surface area contributed by atoms with Gasteiger partial charge in [0.15, 0.2) is 0 Å². The van der Waals surface area contributed by atoms with Crippen LogP contribution in [0.3, 0.4) is 0 Å². The van der Waals surface area contributed by atoms with Gasteiger partial charge >= 0.3 is 11.9 Å². The van der Waals surface area contributed by atoms with Crippen LogP contribution in [0.5, 0.6) is 11.5 Å². The fraction of sp³-hybridized carbons (Fsp3) is 0.333. The SMILES string of the molecule is C=C[C@@H]1CC1(NC(=O)C1CC(Oc2cc(-c3ccccc3)nc3cc(OC)ccc23)C=C1C(=O)O)C(=O)OC(C)(C)C. The van der Waals surface area contributed by atoms with Gasteiger partial charge in [0, 0.05) is 41.0 Å². The lowest BCUT2D eigenvalue weighted by atomic mass is 9.99. The van der Waals surface area contributed by atoms with Gasteiger partial charge in [0.25, 0.3) is 0 Å². The average Bonchev–Trinajstić information content (AvgIpc) is 3.50. The Morgan fingerprint density at radius 3 is 2.48 bits per heavy atom. The number of nitrogens with one attached hydrogen (secondary N) is 1. The molecule has 5 rings (SSSR count). The number of hydrogen-bond donors (Lipinski definition) is 2. The maximum Gasteiger partial charge on any atom is 0.333 e. The fourth-order valence-electron chi connectivity index (χ4n) is 5.29. The van der Waals surface area contributed by atoms with Crippen LogP contribution in [0.15, 0.2) is 78.9 Å². The van der Waals surface area contributed by atoms with E-state index in [-0.39, 0.29) is 17.9 Å². The topological polar surface area (TPSA) is 124 Å². The van der Waals surface area contributed by atoms with Gasteiger partial charge in [-0.3, -0.25) is 4.79 Å². The number of aliphatic carboxylic acids is 1. The highest BCUT2D eigenvalue weighted by Crippen LogP contribution is 2.47. The minimum atomic E-state index is -1.26. The van der Waals surface area contributed by atoms with E-state index >= 15 is 0 Å². The number of carbonyl (C=O) groups is 3. The third-order valence-corrected chi connectivity index (χ3v) is 7.51. The average molecular weight is 571 g/mol. The van der Waals surface area contributed by atoms with E-state index in [0.717, 1.165) is 5.56 Å². The van der Waals surface area contributed by atoms with Gasteiger partial charge in [0.05, 0.1) is 24.2 Å². The number of nitrogens with zero attached hydrogens (tertiary/aromatic N) is 1. The van der Waals surface area contributed by atoms with Crippen molar-refractivity contribution in [3.8, 4) is 22.8 Å².